The van der Waals surface area contributed by atoms with Crippen LogP contribution in [0, 0.1) is 6.92 Å². The van der Waals surface area contributed by atoms with Gasteiger partial charge < -0.3 is 5.73 Å². The van der Waals surface area contributed by atoms with E-state index in [1.807, 2.05) is 19.1 Å². The van der Waals surface area contributed by atoms with E-state index in [1.54, 1.807) is 0 Å². The number of rotatable bonds is 2. The number of aryl methyl sites for hydroxylation is 1. The summed E-state index contributed by atoms with van der Waals surface area (Å²) in [5.74, 6) is 0.268. The topological polar surface area (TPSA) is 43.1 Å². The summed E-state index contributed by atoms with van der Waals surface area (Å²) in [5, 5.41) is 0. The maximum Gasteiger partial charge on any atom is 0.248 e. The first-order valence-electron chi connectivity index (χ1n) is 5.09. The second-order valence-electron chi connectivity index (χ2n) is 4.08. The lowest BCUT2D eigenvalue weighted by Crippen LogP contribution is -2.18. The van der Waals surface area contributed by atoms with Crippen LogP contribution < -0.4 is 5.73 Å². The predicted octanol–water partition coefficient (Wildman–Crippen LogP) is 2.36. The summed E-state index contributed by atoms with van der Waals surface area (Å²) in [6, 6.07) is 5.90. The molecule has 0 bridgehead atoms. The molecule has 2 heteroatoms. The fourth-order valence-electron chi connectivity index (χ4n) is 1.96. The van der Waals surface area contributed by atoms with E-state index < -0.39 is 0 Å². The van der Waals surface area contributed by atoms with Gasteiger partial charge in [-0.3, -0.25) is 4.79 Å². The molecule has 2 N–H and O–H groups in total. The van der Waals surface area contributed by atoms with Gasteiger partial charge in [-0.05, 0) is 37.3 Å². The van der Waals surface area contributed by atoms with Crippen LogP contribution in [0.4, 0.5) is 0 Å². The number of carbonyl (C=O) groups excluding carboxylic acids is 1. The predicted molar refractivity (Wildman–Crippen MR) is 56.3 cm³/mol. The zero-order valence-corrected chi connectivity index (χ0v) is 8.42. The van der Waals surface area contributed by atoms with Crippen molar-refractivity contribution in [1.82, 2.24) is 0 Å². The molecule has 0 aromatic heterocycles. The maximum atomic E-state index is 11.2. The second kappa shape index (κ2) is 3.45. The molecule has 0 saturated heterocycles. The van der Waals surface area contributed by atoms with Crippen molar-refractivity contribution in [2.24, 2.45) is 5.73 Å². The Bertz CT molecular complexity index is 367. The quantitative estimate of drug-likeness (QED) is 0.762. The molecule has 1 aliphatic carbocycles. The molecule has 1 aromatic rings. The molecule has 0 unspecified atom stereocenters. The van der Waals surface area contributed by atoms with Crippen molar-refractivity contribution in [2.75, 3.05) is 0 Å². The second-order valence-corrected chi connectivity index (χ2v) is 4.08. The van der Waals surface area contributed by atoms with Crippen molar-refractivity contribution in [3.8, 4) is 0 Å². The summed E-state index contributed by atoms with van der Waals surface area (Å²) >= 11 is 0. The number of amides is 1. The van der Waals surface area contributed by atoms with Crippen LogP contribution in [0.25, 0.3) is 0 Å². The van der Waals surface area contributed by atoms with Gasteiger partial charge in [-0.15, -0.1) is 0 Å². The molecule has 0 atom stereocenters. The van der Waals surface area contributed by atoms with E-state index in [-0.39, 0.29) is 5.91 Å². The summed E-state index contributed by atoms with van der Waals surface area (Å²) in [6.45, 7) is 2.05. The third-order valence-corrected chi connectivity index (χ3v) is 3.02. The van der Waals surface area contributed by atoms with E-state index in [4.69, 9.17) is 5.73 Å². The third-order valence-electron chi connectivity index (χ3n) is 3.02. The van der Waals surface area contributed by atoms with E-state index in [0.29, 0.717) is 11.5 Å². The molecular weight excluding hydrogens is 174 g/mol. The van der Waals surface area contributed by atoms with Crippen LogP contribution in [-0.4, -0.2) is 5.91 Å². The molecule has 14 heavy (non-hydrogen) atoms. The maximum absolute atomic E-state index is 11.2. The fraction of sp³-hybridized carbons (Fsp3) is 0.417. The standard InChI is InChI=1S/C12H15NO/c1-8-5-6-10(12(13)14)11(7-8)9-3-2-4-9/h5-7,9H,2-4H2,1H3,(H2,13,14). The molecule has 0 radical (unpaired) electrons. The molecule has 1 aromatic carbocycles. The Kier molecular flexibility index (Phi) is 2.28. The minimum atomic E-state index is -0.299. The average Bonchev–Trinajstić information content (AvgIpc) is 2.00. The highest BCUT2D eigenvalue weighted by molar-refractivity contribution is 5.94. The molecule has 2 rings (SSSR count). The SMILES string of the molecule is Cc1ccc(C(N)=O)c(C2CCC2)c1. The number of nitrogens with two attached hydrogens (primary N) is 1. The van der Waals surface area contributed by atoms with Crippen molar-refractivity contribution < 1.29 is 4.79 Å². The minimum Gasteiger partial charge on any atom is -0.366 e. The molecular formula is C12H15NO. The van der Waals surface area contributed by atoms with E-state index in [1.165, 1.54) is 24.8 Å². The van der Waals surface area contributed by atoms with Crippen molar-refractivity contribution >= 4 is 5.91 Å². The molecule has 0 aliphatic heterocycles. The highest BCUT2D eigenvalue weighted by atomic mass is 16.1. The van der Waals surface area contributed by atoms with Crippen molar-refractivity contribution in [2.45, 2.75) is 32.1 Å². The zero-order valence-electron chi connectivity index (χ0n) is 8.42. The molecule has 1 aliphatic rings. The zero-order chi connectivity index (χ0) is 10.1. The van der Waals surface area contributed by atoms with E-state index in [0.717, 1.165) is 5.56 Å². The first-order valence-corrected chi connectivity index (χ1v) is 5.09. The van der Waals surface area contributed by atoms with Gasteiger partial charge in [0.1, 0.15) is 0 Å². The van der Waals surface area contributed by atoms with Crippen molar-refractivity contribution in [3.63, 3.8) is 0 Å². The fourth-order valence-corrected chi connectivity index (χ4v) is 1.96. The van der Waals surface area contributed by atoms with Gasteiger partial charge in [-0.1, -0.05) is 24.1 Å². The smallest absolute Gasteiger partial charge is 0.248 e. The monoisotopic (exact) mass is 189 g/mol. The molecule has 1 fully saturated rings. The van der Waals surface area contributed by atoms with Crippen molar-refractivity contribution in [3.05, 3.63) is 34.9 Å². The van der Waals surface area contributed by atoms with Crippen LogP contribution in [0.15, 0.2) is 18.2 Å². The van der Waals surface area contributed by atoms with Crippen LogP contribution in [0.1, 0.15) is 46.7 Å². The first-order chi connectivity index (χ1) is 6.68. The number of benzene rings is 1. The molecule has 1 saturated carbocycles. The molecule has 1 amide bonds. The lowest BCUT2D eigenvalue weighted by Gasteiger charge is -2.27. The Labute approximate surface area is 84.1 Å². The van der Waals surface area contributed by atoms with Crippen LogP contribution in [0.5, 0.6) is 0 Å². The largest absolute Gasteiger partial charge is 0.366 e. The van der Waals surface area contributed by atoms with Gasteiger partial charge in [0.25, 0.3) is 0 Å². The number of hydrogen-bond acceptors (Lipinski definition) is 1. The van der Waals surface area contributed by atoms with E-state index in [2.05, 4.69) is 6.07 Å². The summed E-state index contributed by atoms with van der Waals surface area (Å²) in [4.78, 5) is 11.2. The Morgan fingerprint density at radius 1 is 1.43 bits per heavy atom. The number of primary amides is 1. The first kappa shape index (κ1) is 9.25. The molecule has 0 heterocycles. The lowest BCUT2D eigenvalue weighted by molar-refractivity contribution is 0.0998. The van der Waals surface area contributed by atoms with Gasteiger partial charge in [-0.2, -0.15) is 0 Å². The minimum absolute atomic E-state index is 0.299. The summed E-state index contributed by atoms with van der Waals surface area (Å²) in [6.07, 6.45) is 3.67. The number of hydrogen-bond donors (Lipinski definition) is 1. The van der Waals surface area contributed by atoms with Crippen LogP contribution in [0.2, 0.25) is 0 Å². The Balaban J connectivity index is 2.42. The average molecular weight is 189 g/mol. The molecule has 0 spiro atoms. The van der Waals surface area contributed by atoms with Gasteiger partial charge in [-0.25, -0.2) is 0 Å². The van der Waals surface area contributed by atoms with E-state index >= 15 is 0 Å². The summed E-state index contributed by atoms with van der Waals surface area (Å²) < 4.78 is 0. The van der Waals surface area contributed by atoms with Gasteiger partial charge in [0.05, 0.1) is 0 Å². The van der Waals surface area contributed by atoms with Gasteiger partial charge in [0.15, 0.2) is 0 Å². The highest BCUT2D eigenvalue weighted by Gasteiger charge is 2.23. The van der Waals surface area contributed by atoms with Gasteiger partial charge in [0, 0.05) is 5.56 Å². The normalized spacial score (nSPS) is 16.4. The molecule has 74 valence electrons. The van der Waals surface area contributed by atoms with Crippen LogP contribution in [0.3, 0.4) is 0 Å². The molecule has 2 nitrogen and oxygen atoms in total. The summed E-state index contributed by atoms with van der Waals surface area (Å²) in [7, 11) is 0. The highest BCUT2D eigenvalue weighted by Crippen LogP contribution is 2.38. The van der Waals surface area contributed by atoms with Crippen LogP contribution >= 0.6 is 0 Å². The Hall–Kier alpha value is -1.31. The van der Waals surface area contributed by atoms with Crippen LogP contribution in [-0.2, 0) is 0 Å². The van der Waals surface area contributed by atoms with Crippen molar-refractivity contribution in [1.29, 1.82) is 0 Å². The van der Waals surface area contributed by atoms with Gasteiger partial charge in [0.2, 0.25) is 5.91 Å². The lowest BCUT2D eigenvalue weighted by atomic mass is 9.77. The Morgan fingerprint density at radius 2 is 2.14 bits per heavy atom. The van der Waals surface area contributed by atoms with E-state index in [9.17, 15) is 4.79 Å². The van der Waals surface area contributed by atoms with Gasteiger partial charge >= 0.3 is 0 Å². The Morgan fingerprint density at radius 3 is 2.64 bits per heavy atom. The summed E-state index contributed by atoms with van der Waals surface area (Å²) in [5.41, 5.74) is 8.41. The number of carbonyl (C=O) groups is 1. The third kappa shape index (κ3) is 1.52.